The third-order valence-electron chi connectivity index (χ3n) is 8.83. The van der Waals surface area contributed by atoms with E-state index in [1.165, 1.54) is 30.0 Å². The number of hydrogen-bond donors (Lipinski definition) is 0. The van der Waals surface area contributed by atoms with E-state index in [0.29, 0.717) is 43.8 Å². The topological polar surface area (TPSA) is 83.1 Å². The van der Waals surface area contributed by atoms with Crippen LogP contribution in [0.1, 0.15) is 70.9 Å². The number of hydrogen-bond acceptors (Lipinski definition) is 6. The first-order valence-corrected chi connectivity index (χ1v) is 14.7. The molecule has 9 heteroatoms. The largest absolute Gasteiger partial charge is 0.377 e. The molecule has 1 aromatic rings. The lowest BCUT2D eigenvalue weighted by molar-refractivity contribution is -0.136. The van der Waals surface area contributed by atoms with Crippen LogP contribution in [0.25, 0.3) is 0 Å². The first kappa shape index (κ1) is 25.0. The van der Waals surface area contributed by atoms with Gasteiger partial charge in [0.1, 0.15) is 16.8 Å². The van der Waals surface area contributed by atoms with Gasteiger partial charge in [0.25, 0.3) is 0 Å². The van der Waals surface area contributed by atoms with Gasteiger partial charge in [-0.25, -0.2) is 13.4 Å². The van der Waals surface area contributed by atoms with Crippen LogP contribution in [0.5, 0.6) is 0 Å². The number of anilines is 1. The predicted octanol–water partition coefficient (Wildman–Crippen LogP) is 3.34. The molecule has 2 saturated carbocycles. The van der Waals surface area contributed by atoms with Gasteiger partial charge in [0, 0.05) is 25.3 Å². The Morgan fingerprint density at radius 3 is 2.37 bits per heavy atom. The van der Waals surface area contributed by atoms with Crippen molar-refractivity contribution in [2.75, 3.05) is 31.7 Å². The average Bonchev–Trinajstić information content (AvgIpc) is 3.38. The number of morpholine rings is 1. The third kappa shape index (κ3) is 4.60. The van der Waals surface area contributed by atoms with E-state index in [1.54, 1.807) is 12.1 Å². The van der Waals surface area contributed by atoms with Crippen LogP contribution in [0.15, 0.2) is 17.0 Å². The standard InChI is InChI=1S/C26H40N4O4S/c1-18-7-8-23(24(27-18)30-19(2)16-34-17-20(30)3)35(32,33)29-15-5-6-22(29)25(31)28(4)21-9-11-26(12-10-21)13-14-26/h7-8,19-22H,5-6,9-17H2,1-4H3/t19-,20-,22-/m0/s1. The minimum Gasteiger partial charge on any atom is -0.377 e. The maximum atomic E-state index is 14.1. The number of amides is 1. The molecular weight excluding hydrogens is 464 g/mol. The number of aromatic nitrogens is 1. The highest BCUT2D eigenvalue weighted by Gasteiger charge is 2.48. The Bertz CT molecular complexity index is 1050. The number of nitrogens with zero attached hydrogens (tertiary/aromatic N) is 4. The van der Waals surface area contributed by atoms with Crippen molar-refractivity contribution in [3.63, 3.8) is 0 Å². The van der Waals surface area contributed by atoms with Crippen molar-refractivity contribution >= 4 is 21.7 Å². The summed E-state index contributed by atoms with van der Waals surface area (Å²) in [6.07, 6.45) is 8.36. The summed E-state index contributed by atoms with van der Waals surface area (Å²) in [4.78, 5) is 22.5. The molecule has 0 radical (unpaired) electrons. The normalized spacial score (nSPS) is 29.5. The average molecular weight is 505 g/mol. The van der Waals surface area contributed by atoms with Gasteiger partial charge in [-0.15, -0.1) is 0 Å². The van der Waals surface area contributed by atoms with Crippen LogP contribution in [-0.2, 0) is 19.6 Å². The number of carbonyl (C=O) groups is 1. The summed E-state index contributed by atoms with van der Waals surface area (Å²) in [5.74, 6) is 0.416. The van der Waals surface area contributed by atoms with Crippen LogP contribution in [0.4, 0.5) is 5.82 Å². The molecule has 1 aromatic heterocycles. The zero-order chi connectivity index (χ0) is 25.0. The molecule has 8 nitrogen and oxygen atoms in total. The first-order valence-electron chi connectivity index (χ1n) is 13.3. The number of carbonyl (C=O) groups excluding carboxylic acids is 1. The van der Waals surface area contributed by atoms with E-state index in [2.05, 4.69) is 4.90 Å². The van der Waals surface area contributed by atoms with Crippen molar-refractivity contribution in [3.05, 3.63) is 17.8 Å². The van der Waals surface area contributed by atoms with Crippen LogP contribution in [0.3, 0.4) is 0 Å². The highest BCUT2D eigenvalue weighted by Crippen LogP contribution is 2.56. The fourth-order valence-electron chi connectivity index (χ4n) is 6.43. The van der Waals surface area contributed by atoms with Crippen molar-refractivity contribution in [2.45, 2.75) is 101 Å². The summed E-state index contributed by atoms with van der Waals surface area (Å²) in [7, 11) is -2.04. The van der Waals surface area contributed by atoms with Gasteiger partial charge in [-0.1, -0.05) is 0 Å². The quantitative estimate of drug-likeness (QED) is 0.612. The number of likely N-dealkylation sites (N-methyl/N-ethyl adjacent to an activating group) is 1. The Balaban J connectivity index is 1.40. The second-order valence-corrected chi connectivity index (χ2v) is 13.2. The highest BCUT2D eigenvalue weighted by atomic mass is 32.2. The summed E-state index contributed by atoms with van der Waals surface area (Å²) < 4.78 is 35.3. The number of pyridine rings is 1. The van der Waals surface area contributed by atoms with Gasteiger partial charge in [0.05, 0.1) is 25.3 Å². The smallest absolute Gasteiger partial charge is 0.247 e. The molecule has 4 aliphatic rings. The second-order valence-electron chi connectivity index (χ2n) is 11.4. The summed E-state index contributed by atoms with van der Waals surface area (Å²) in [6, 6.07) is 3.00. The van der Waals surface area contributed by atoms with E-state index in [0.717, 1.165) is 18.5 Å². The summed E-state index contributed by atoms with van der Waals surface area (Å²) in [5, 5.41) is 0. The molecule has 5 rings (SSSR count). The lowest BCUT2D eigenvalue weighted by Crippen LogP contribution is -2.52. The number of ether oxygens (including phenoxy) is 1. The molecule has 2 aliphatic carbocycles. The highest BCUT2D eigenvalue weighted by molar-refractivity contribution is 7.89. The zero-order valence-electron chi connectivity index (χ0n) is 21.6. The van der Waals surface area contributed by atoms with Crippen LogP contribution >= 0.6 is 0 Å². The van der Waals surface area contributed by atoms with Gasteiger partial charge >= 0.3 is 0 Å². The van der Waals surface area contributed by atoms with E-state index in [4.69, 9.17) is 9.72 Å². The molecule has 2 aliphatic heterocycles. The summed E-state index contributed by atoms with van der Waals surface area (Å²) in [5.41, 5.74) is 1.33. The Hall–Kier alpha value is -1.71. The number of rotatable bonds is 5. The number of aryl methyl sites for hydroxylation is 1. The Labute approximate surface area is 210 Å². The van der Waals surface area contributed by atoms with Crippen LogP contribution in [-0.4, -0.2) is 79.5 Å². The maximum absolute atomic E-state index is 14.1. The van der Waals surface area contributed by atoms with E-state index in [1.807, 2.05) is 32.7 Å². The molecule has 4 fully saturated rings. The predicted molar refractivity (Wildman–Crippen MR) is 135 cm³/mol. The minimum absolute atomic E-state index is 0.00482. The molecule has 0 N–H and O–H groups in total. The fraction of sp³-hybridized carbons (Fsp3) is 0.769. The van der Waals surface area contributed by atoms with Gasteiger partial charge in [-0.3, -0.25) is 4.79 Å². The summed E-state index contributed by atoms with van der Waals surface area (Å²) in [6.45, 7) is 7.35. The van der Waals surface area contributed by atoms with Crippen molar-refractivity contribution in [3.8, 4) is 0 Å². The van der Waals surface area contributed by atoms with Gasteiger partial charge in [-0.2, -0.15) is 4.31 Å². The SMILES string of the molecule is Cc1ccc(S(=O)(=O)N2CCC[C@H]2C(=O)N(C)C2CCC3(CC2)CC3)c(N2[C@@H](C)COC[C@@H]2C)n1. The van der Waals surface area contributed by atoms with Crippen molar-refractivity contribution in [1.29, 1.82) is 0 Å². The van der Waals surface area contributed by atoms with Crippen molar-refractivity contribution < 1.29 is 17.9 Å². The first-order chi connectivity index (χ1) is 16.6. The molecule has 3 atom stereocenters. The van der Waals surface area contributed by atoms with E-state index in [-0.39, 0.29) is 28.9 Å². The van der Waals surface area contributed by atoms with E-state index >= 15 is 0 Å². The Kier molecular flexibility index (Phi) is 6.64. The van der Waals surface area contributed by atoms with E-state index in [9.17, 15) is 13.2 Å². The monoisotopic (exact) mass is 504 g/mol. The number of sulfonamides is 1. The van der Waals surface area contributed by atoms with Gasteiger partial charge in [0.15, 0.2) is 0 Å². The molecule has 0 aromatic carbocycles. The second kappa shape index (κ2) is 9.30. The molecule has 1 spiro atoms. The van der Waals surface area contributed by atoms with Crippen LogP contribution < -0.4 is 4.90 Å². The third-order valence-corrected chi connectivity index (χ3v) is 10.8. The zero-order valence-corrected chi connectivity index (χ0v) is 22.4. The molecule has 3 heterocycles. The molecule has 35 heavy (non-hydrogen) atoms. The molecule has 1 amide bonds. The molecular formula is C26H40N4O4S. The maximum Gasteiger partial charge on any atom is 0.247 e. The van der Waals surface area contributed by atoms with E-state index < -0.39 is 16.1 Å². The molecule has 194 valence electrons. The van der Waals surface area contributed by atoms with Gasteiger partial charge < -0.3 is 14.5 Å². The lowest BCUT2D eigenvalue weighted by atomic mass is 9.83. The lowest BCUT2D eigenvalue weighted by Gasteiger charge is -2.41. The van der Waals surface area contributed by atoms with Gasteiger partial charge in [0.2, 0.25) is 15.9 Å². The van der Waals surface area contributed by atoms with Gasteiger partial charge in [-0.05, 0) is 89.7 Å². The van der Waals surface area contributed by atoms with Crippen molar-refractivity contribution in [1.82, 2.24) is 14.2 Å². The molecule has 0 bridgehead atoms. The van der Waals surface area contributed by atoms with Crippen LogP contribution in [0.2, 0.25) is 0 Å². The summed E-state index contributed by atoms with van der Waals surface area (Å²) >= 11 is 0. The molecule has 0 unspecified atom stereocenters. The minimum atomic E-state index is -3.91. The van der Waals surface area contributed by atoms with Crippen LogP contribution in [0, 0.1) is 12.3 Å². The van der Waals surface area contributed by atoms with Crippen molar-refractivity contribution in [2.24, 2.45) is 5.41 Å². The molecule has 2 saturated heterocycles. The Morgan fingerprint density at radius 2 is 1.74 bits per heavy atom. The fourth-order valence-corrected chi connectivity index (χ4v) is 8.21. The Morgan fingerprint density at radius 1 is 1.09 bits per heavy atom.